The van der Waals surface area contributed by atoms with Crippen LogP contribution in [0, 0.1) is 0 Å². The number of hydrogen-bond acceptors (Lipinski definition) is 2. The maximum atomic E-state index is 11.0. The van der Waals surface area contributed by atoms with Gasteiger partial charge in [0.15, 0.2) is 0 Å². The molecule has 0 radical (unpaired) electrons. The molecule has 0 rings (SSSR count). The highest BCUT2D eigenvalue weighted by atomic mass is 32.2. The first kappa shape index (κ1) is 10.6. The largest absolute Gasteiger partial charge is 0.337 e. The van der Waals surface area contributed by atoms with E-state index in [0.29, 0.717) is 5.25 Å². The number of urea groups is 1. The van der Waals surface area contributed by atoms with Gasteiger partial charge in [0.1, 0.15) is 0 Å². The molecule has 0 aliphatic carbocycles. The molecule has 1 N–H and O–H groups in total. The van der Waals surface area contributed by atoms with Crippen molar-refractivity contribution in [2.45, 2.75) is 12.2 Å². The molecule has 0 spiro atoms. The maximum absolute atomic E-state index is 11.0. The second-order valence-electron chi connectivity index (χ2n) is 2.63. The number of carbonyl (C=O) groups excluding carboxylic acids is 1. The van der Waals surface area contributed by atoms with Crippen LogP contribution < -0.4 is 5.32 Å². The molecule has 0 aliphatic rings. The van der Waals surface area contributed by atoms with E-state index in [2.05, 4.69) is 12.2 Å². The van der Waals surface area contributed by atoms with Gasteiger partial charge >= 0.3 is 6.03 Å². The van der Waals surface area contributed by atoms with Gasteiger partial charge < -0.3 is 10.2 Å². The minimum Gasteiger partial charge on any atom is -0.337 e. The predicted molar refractivity (Wildman–Crippen MR) is 50.1 cm³/mol. The molecule has 0 bridgehead atoms. The van der Waals surface area contributed by atoms with E-state index in [1.807, 2.05) is 6.26 Å². The number of nitrogens with zero attached hydrogens (tertiary/aromatic N) is 1. The third-order valence-corrected chi connectivity index (χ3v) is 2.32. The number of nitrogens with one attached hydrogen (secondary N) is 1. The average Bonchev–Trinajstić information content (AvgIpc) is 1.99. The van der Waals surface area contributed by atoms with Crippen molar-refractivity contribution in [2.75, 3.05) is 26.9 Å². The molecule has 3 nitrogen and oxygen atoms in total. The Morgan fingerprint density at radius 1 is 1.64 bits per heavy atom. The van der Waals surface area contributed by atoms with Crippen molar-refractivity contribution in [3.05, 3.63) is 0 Å². The van der Waals surface area contributed by atoms with Gasteiger partial charge in [-0.15, -0.1) is 0 Å². The lowest BCUT2D eigenvalue weighted by molar-refractivity contribution is 0.217. The zero-order valence-electron chi connectivity index (χ0n) is 7.55. The second-order valence-corrected chi connectivity index (χ2v) is 3.90. The molecule has 0 saturated heterocycles. The van der Waals surface area contributed by atoms with Crippen LogP contribution >= 0.6 is 11.8 Å². The van der Waals surface area contributed by atoms with E-state index in [-0.39, 0.29) is 6.03 Å². The molecule has 2 amide bonds. The van der Waals surface area contributed by atoms with Crippen LogP contribution in [-0.4, -0.2) is 43.1 Å². The quantitative estimate of drug-likeness (QED) is 0.696. The van der Waals surface area contributed by atoms with Gasteiger partial charge in [-0.2, -0.15) is 11.8 Å². The molecule has 0 saturated carbocycles. The summed E-state index contributed by atoms with van der Waals surface area (Å²) in [5, 5.41) is 3.28. The molecule has 4 heteroatoms. The Labute approximate surface area is 72.5 Å². The highest BCUT2D eigenvalue weighted by Crippen LogP contribution is 2.02. The van der Waals surface area contributed by atoms with Crippen LogP contribution in [0.2, 0.25) is 0 Å². The van der Waals surface area contributed by atoms with Crippen molar-refractivity contribution < 1.29 is 4.79 Å². The van der Waals surface area contributed by atoms with E-state index < -0.39 is 0 Å². The summed E-state index contributed by atoms with van der Waals surface area (Å²) in [6.45, 7) is 2.82. The maximum Gasteiger partial charge on any atom is 0.316 e. The Hall–Kier alpha value is -0.380. The standard InChI is InChI=1S/C7H16N2OS/c1-6(11-4)5-8-7(10)9(2)3/h6H,5H2,1-4H3,(H,8,10). The van der Waals surface area contributed by atoms with Crippen molar-refractivity contribution in [3.63, 3.8) is 0 Å². The molecule has 0 aromatic heterocycles. The van der Waals surface area contributed by atoms with Crippen LogP contribution in [0.4, 0.5) is 4.79 Å². The summed E-state index contributed by atoms with van der Waals surface area (Å²) in [6.07, 6.45) is 2.03. The second kappa shape index (κ2) is 5.29. The SMILES string of the molecule is CSC(C)CNC(=O)N(C)C. The summed E-state index contributed by atoms with van der Waals surface area (Å²) >= 11 is 1.75. The fraction of sp³-hybridized carbons (Fsp3) is 0.857. The highest BCUT2D eigenvalue weighted by Gasteiger charge is 2.04. The number of rotatable bonds is 3. The Morgan fingerprint density at radius 2 is 2.18 bits per heavy atom. The zero-order valence-corrected chi connectivity index (χ0v) is 8.36. The van der Waals surface area contributed by atoms with Crippen LogP contribution in [0.25, 0.3) is 0 Å². The van der Waals surface area contributed by atoms with E-state index >= 15 is 0 Å². The molecule has 1 atom stereocenters. The number of amides is 2. The topological polar surface area (TPSA) is 32.3 Å². The first-order valence-corrected chi connectivity index (χ1v) is 4.84. The lowest BCUT2D eigenvalue weighted by Gasteiger charge is -2.14. The summed E-state index contributed by atoms with van der Waals surface area (Å²) in [6, 6.07) is -0.0223. The fourth-order valence-electron chi connectivity index (χ4n) is 0.472. The molecule has 66 valence electrons. The van der Waals surface area contributed by atoms with Crippen LogP contribution in [0.15, 0.2) is 0 Å². The minimum absolute atomic E-state index is 0.0223. The van der Waals surface area contributed by atoms with E-state index in [0.717, 1.165) is 6.54 Å². The van der Waals surface area contributed by atoms with Gasteiger partial charge in [-0.1, -0.05) is 6.92 Å². The zero-order chi connectivity index (χ0) is 8.85. The molecule has 1 unspecified atom stereocenters. The Kier molecular flexibility index (Phi) is 5.11. The number of hydrogen-bond donors (Lipinski definition) is 1. The predicted octanol–water partition coefficient (Wildman–Crippen LogP) is 1.01. The first-order chi connectivity index (χ1) is 5.07. The third kappa shape index (κ3) is 4.95. The number of thioether (sulfide) groups is 1. The Morgan fingerprint density at radius 3 is 2.55 bits per heavy atom. The van der Waals surface area contributed by atoms with Crippen molar-refractivity contribution in [3.8, 4) is 0 Å². The van der Waals surface area contributed by atoms with Gasteiger partial charge in [-0.05, 0) is 6.26 Å². The summed E-state index contributed by atoms with van der Waals surface area (Å²) in [5.74, 6) is 0. The molecule has 0 heterocycles. The average molecular weight is 176 g/mol. The van der Waals surface area contributed by atoms with Gasteiger partial charge in [0, 0.05) is 25.9 Å². The molecule has 0 aromatic carbocycles. The summed E-state index contributed by atoms with van der Waals surface area (Å²) < 4.78 is 0. The monoisotopic (exact) mass is 176 g/mol. The van der Waals surface area contributed by atoms with Crippen LogP contribution in [0.5, 0.6) is 0 Å². The molecule has 11 heavy (non-hydrogen) atoms. The van der Waals surface area contributed by atoms with E-state index in [1.165, 1.54) is 4.90 Å². The molecule has 0 fully saturated rings. The van der Waals surface area contributed by atoms with E-state index in [1.54, 1.807) is 25.9 Å². The van der Waals surface area contributed by atoms with Crippen molar-refractivity contribution in [2.24, 2.45) is 0 Å². The smallest absolute Gasteiger partial charge is 0.316 e. The van der Waals surface area contributed by atoms with Crippen LogP contribution in [0.1, 0.15) is 6.92 Å². The molecular formula is C7H16N2OS. The molecule has 0 aliphatic heterocycles. The van der Waals surface area contributed by atoms with Gasteiger partial charge in [-0.3, -0.25) is 0 Å². The summed E-state index contributed by atoms with van der Waals surface area (Å²) in [7, 11) is 3.47. The molecular weight excluding hydrogens is 160 g/mol. The van der Waals surface area contributed by atoms with Crippen LogP contribution in [-0.2, 0) is 0 Å². The lowest BCUT2D eigenvalue weighted by atomic mass is 10.5. The highest BCUT2D eigenvalue weighted by molar-refractivity contribution is 7.99. The van der Waals surface area contributed by atoms with Gasteiger partial charge in [-0.25, -0.2) is 4.79 Å². The summed E-state index contributed by atoms with van der Waals surface area (Å²) in [5.41, 5.74) is 0. The Bertz CT molecular complexity index is 128. The summed E-state index contributed by atoms with van der Waals surface area (Å²) in [4.78, 5) is 12.5. The normalized spacial score (nSPS) is 12.4. The van der Waals surface area contributed by atoms with Gasteiger partial charge in [0.2, 0.25) is 0 Å². The van der Waals surface area contributed by atoms with Crippen molar-refractivity contribution in [1.29, 1.82) is 0 Å². The van der Waals surface area contributed by atoms with Gasteiger partial charge in [0.25, 0.3) is 0 Å². The Balaban J connectivity index is 3.46. The number of carbonyl (C=O) groups is 1. The minimum atomic E-state index is -0.0223. The lowest BCUT2D eigenvalue weighted by Crippen LogP contribution is -2.37. The van der Waals surface area contributed by atoms with Crippen LogP contribution in [0.3, 0.4) is 0 Å². The van der Waals surface area contributed by atoms with E-state index in [4.69, 9.17) is 0 Å². The fourth-order valence-corrected chi connectivity index (χ4v) is 0.722. The van der Waals surface area contributed by atoms with Crippen molar-refractivity contribution in [1.82, 2.24) is 10.2 Å². The molecule has 0 aromatic rings. The third-order valence-electron chi connectivity index (χ3n) is 1.35. The van der Waals surface area contributed by atoms with Gasteiger partial charge in [0.05, 0.1) is 0 Å². The van der Waals surface area contributed by atoms with E-state index in [9.17, 15) is 4.79 Å². The first-order valence-electron chi connectivity index (χ1n) is 3.56. The van der Waals surface area contributed by atoms with Crippen molar-refractivity contribution >= 4 is 17.8 Å².